The van der Waals surface area contributed by atoms with E-state index in [1.165, 1.54) is 7.11 Å². The summed E-state index contributed by atoms with van der Waals surface area (Å²) in [6, 6.07) is 13.7. The van der Waals surface area contributed by atoms with Crippen LogP contribution in [0.25, 0.3) is 0 Å². The standard InChI is InChI=1S/C21H21F3N4O3S/c1-31-17-4-2-3-14(13-17)18(29)26-20(32)25-15-5-7-16(8-6-15)27-9-11-28(12-10-27)19(30)21(22,23)24/h2-8,13H,9-12H2,1H3,(H2,25,26,29,32). The zero-order chi connectivity index (χ0) is 23.3. The number of nitrogens with one attached hydrogen (secondary N) is 2. The van der Waals surface area contributed by atoms with Crippen molar-refractivity contribution in [2.45, 2.75) is 6.18 Å². The zero-order valence-electron chi connectivity index (χ0n) is 17.1. The molecule has 3 rings (SSSR count). The maximum Gasteiger partial charge on any atom is 0.471 e. The van der Waals surface area contributed by atoms with Gasteiger partial charge in [0.05, 0.1) is 7.11 Å². The van der Waals surface area contributed by atoms with Crippen molar-refractivity contribution in [1.82, 2.24) is 10.2 Å². The molecule has 1 aliphatic heterocycles. The summed E-state index contributed by atoms with van der Waals surface area (Å²) in [5.74, 6) is -1.64. The number of methoxy groups -OCH3 is 1. The van der Waals surface area contributed by atoms with Gasteiger partial charge in [-0.25, -0.2) is 0 Å². The minimum atomic E-state index is -4.85. The van der Waals surface area contributed by atoms with Gasteiger partial charge in [0.15, 0.2) is 5.11 Å². The number of piperazine rings is 1. The first-order valence-corrected chi connectivity index (χ1v) is 10.1. The second-order valence-corrected chi connectivity index (χ2v) is 7.37. The van der Waals surface area contributed by atoms with Gasteiger partial charge in [0.25, 0.3) is 5.91 Å². The summed E-state index contributed by atoms with van der Waals surface area (Å²) >= 11 is 5.18. The number of benzene rings is 2. The van der Waals surface area contributed by atoms with E-state index < -0.39 is 12.1 Å². The van der Waals surface area contributed by atoms with Crippen molar-refractivity contribution in [2.75, 3.05) is 43.5 Å². The molecular weight excluding hydrogens is 445 g/mol. The lowest BCUT2D eigenvalue weighted by Crippen LogP contribution is -2.52. The van der Waals surface area contributed by atoms with E-state index in [0.29, 0.717) is 30.1 Å². The van der Waals surface area contributed by atoms with Crippen LogP contribution in [0, 0.1) is 0 Å². The van der Waals surface area contributed by atoms with Crippen LogP contribution in [0.2, 0.25) is 0 Å². The molecule has 0 bridgehead atoms. The molecule has 170 valence electrons. The molecule has 0 radical (unpaired) electrons. The van der Waals surface area contributed by atoms with E-state index in [2.05, 4.69) is 10.6 Å². The maximum atomic E-state index is 12.6. The summed E-state index contributed by atoms with van der Waals surface area (Å²) in [5, 5.41) is 5.62. The van der Waals surface area contributed by atoms with Crippen molar-refractivity contribution in [3.63, 3.8) is 0 Å². The van der Waals surface area contributed by atoms with Crippen LogP contribution in [0.5, 0.6) is 5.75 Å². The van der Waals surface area contributed by atoms with E-state index in [-0.39, 0.29) is 24.1 Å². The molecule has 0 unspecified atom stereocenters. The van der Waals surface area contributed by atoms with Gasteiger partial charge in [-0.15, -0.1) is 0 Å². The number of nitrogens with zero attached hydrogens (tertiary/aromatic N) is 2. The summed E-state index contributed by atoms with van der Waals surface area (Å²) in [6.45, 7) is 0.588. The third-order valence-corrected chi connectivity index (χ3v) is 5.06. The van der Waals surface area contributed by atoms with E-state index in [0.717, 1.165) is 10.6 Å². The van der Waals surface area contributed by atoms with Crippen molar-refractivity contribution in [3.05, 3.63) is 54.1 Å². The van der Waals surface area contributed by atoms with Gasteiger partial charge in [-0.1, -0.05) is 6.07 Å². The molecule has 2 aromatic rings. The number of amides is 2. The van der Waals surface area contributed by atoms with Crippen LogP contribution in [-0.4, -0.2) is 61.3 Å². The number of carbonyl (C=O) groups excluding carboxylic acids is 2. The van der Waals surface area contributed by atoms with Crippen LogP contribution in [0.15, 0.2) is 48.5 Å². The molecule has 1 heterocycles. The SMILES string of the molecule is COc1cccc(C(=O)NC(=S)Nc2ccc(N3CCN(C(=O)C(F)(F)F)CC3)cc2)c1. The van der Waals surface area contributed by atoms with Gasteiger partial charge in [-0.05, 0) is 54.7 Å². The lowest BCUT2D eigenvalue weighted by molar-refractivity contribution is -0.185. The third-order valence-electron chi connectivity index (χ3n) is 4.86. The van der Waals surface area contributed by atoms with Gasteiger partial charge >= 0.3 is 12.1 Å². The normalized spacial score (nSPS) is 14.0. The fourth-order valence-corrected chi connectivity index (χ4v) is 3.42. The van der Waals surface area contributed by atoms with Crippen molar-refractivity contribution < 1.29 is 27.5 Å². The van der Waals surface area contributed by atoms with E-state index in [1.807, 2.05) is 4.90 Å². The molecule has 0 saturated carbocycles. The molecule has 32 heavy (non-hydrogen) atoms. The summed E-state index contributed by atoms with van der Waals surface area (Å²) in [7, 11) is 1.51. The van der Waals surface area contributed by atoms with E-state index in [1.54, 1.807) is 48.5 Å². The predicted octanol–water partition coefficient (Wildman–Crippen LogP) is 3.03. The van der Waals surface area contributed by atoms with E-state index >= 15 is 0 Å². The van der Waals surface area contributed by atoms with Crippen LogP contribution in [0.4, 0.5) is 24.5 Å². The molecule has 2 amide bonds. The van der Waals surface area contributed by atoms with Gasteiger partial charge in [0, 0.05) is 43.1 Å². The predicted molar refractivity (Wildman–Crippen MR) is 118 cm³/mol. The Hall–Kier alpha value is -3.34. The minimum Gasteiger partial charge on any atom is -0.497 e. The van der Waals surface area contributed by atoms with Crippen molar-refractivity contribution in [1.29, 1.82) is 0 Å². The number of rotatable bonds is 4. The van der Waals surface area contributed by atoms with Crippen LogP contribution >= 0.6 is 12.2 Å². The van der Waals surface area contributed by atoms with Crippen LogP contribution in [0.1, 0.15) is 10.4 Å². The Morgan fingerprint density at radius 2 is 1.69 bits per heavy atom. The maximum absolute atomic E-state index is 12.6. The molecule has 2 aromatic carbocycles. The Kier molecular flexibility index (Phi) is 7.18. The molecule has 11 heteroatoms. The lowest BCUT2D eigenvalue weighted by Gasteiger charge is -2.36. The first-order valence-electron chi connectivity index (χ1n) is 9.65. The molecule has 0 atom stereocenters. The third kappa shape index (κ3) is 5.88. The summed E-state index contributed by atoms with van der Waals surface area (Å²) < 4.78 is 42.8. The molecule has 7 nitrogen and oxygen atoms in total. The molecular formula is C21H21F3N4O3S. The van der Waals surface area contributed by atoms with Gasteiger partial charge in [0.1, 0.15) is 5.75 Å². The monoisotopic (exact) mass is 466 g/mol. The van der Waals surface area contributed by atoms with Gasteiger partial charge in [0.2, 0.25) is 0 Å². The highest BCUT2D eigenvalue weighted by Gasteiger charge is 2.43. The van der Waals surface area contributed by atoms with E-state index in [4.69, 9.17) is 17.0 Å². The average Bonchev–Trinajstić information content (AvgIpc) is 2.78. The average molecular weight is 466 g/mol. The lowest BCUT2D eigenvalue weighted by atomic mass is 10.2. The Labute approximate surface area is 188 Å². The number of hydrogen-bond acceptors (Lipinski definition) is 5. The minimum absolute atomic E-state index is 0.00126. The first kappa shape index (κ1) is 23.3. The quantitative estimate of drug-likeness (QED) is 0.675. The first-order chi connectivity index (χ1) is 15.2. The smallest absolute Gasteiger partial charge is 0.471 e. The van der Waals surface area contributed by atoms with Crippen molar-refractivity contribution in [2.24, 2.45) is 0 Å². The fraction of sp³-hybridized carbons (Fsp3) is 0.286. The highest BCUT2D eigenvalue weighted by Crippen LogP contribution is 2.23. The molecule has 2 N–H and O–H groups in total. The number of ether oxygens (including phenoxy) is 1. The van der Waals surface area contributed by atoms with Gasteiger partial charge < -0.3 is 19.9 Å². The number of thiocarbonyl (C=S) groups is 1. The molecule has 1 saturated heterocycles. The number of alkyl halides is 3. The number of anilines is 2. The number of halogens is 3. The van der Waals surface area contributed by atoms with Gasteiger partial charge in [-0.2, -0.15) is 13.2 Å². The van der Waals surface area contributed by atoms with Gasteiger partial charge in [-0.3, -0.25) is 14.9 Å². The van der Waals surface area contributed by atoms with Crippen LogP contribution in [-0.2, 0) is 4.79 Å². The Balaban J connectivity index is 1.52. The van der Waals surface area contributed by atoms with Crippen molar-refractivity contribution >= 4 is 40.5 Å². The fourth-order valence-electron chi connectivity index (χ4n) is 3.20. The molecule has 1 fully saturated rings. The Morgan fingerprint density at radius 1 is 1.03 bits per heavy atom. The molecule has 0 spiro atoms. The van der Waals surface area contributed by atoms with E-state index in [9.17, 15) is 22.8 Å². The highest BCUT2D eigenvalue weighted by atomic mass is 32.1. The number of carbonyl (C=O) groups is 2. The van der Waals surface area contributed by atoms with Crippen LogP contribution in [0.3, 0.4) is 0 Å². The van der Waals surface area contributed by atoms with Crippen molar-refractivity contribution in [3.8, 4) is 5.75 Å². The largest absolute Gasteiger partial charge is 0.497 e. The second kappa shape index (κ2) is 9.86. The van der Waals surface area contributed by atoms with Crippen LogP contribution < -0.4 is 20.3 Å². The molecule has 0 aromatic heterocycles. The Morgan fingerprint density at radius 3 is 2.28 bits per heavy atom. The summed E-state index contributed by atoms with van der Waals surface area (Å²) in [4.78, 5) is 26.4. The number of hydrogen-bond donors (Lipinski definition) is 2. The molecule has 1 aliphatic rings. The topological polar surface area (TPSA) is 73.9 Å². The Bertz CT molecular complexity index is 991. The highest BCUT2D eigenvalue weighted by molar-refractivity contribution is 7.80. The zero-order valence-corrected chi connectivity index (χ0v) is 17.9. The second-order valence-electron chi connectivity index (χ2n) is 6.96. The summed E-state index contributed by atoms with van der Waals surface area (Å²) in [6.07, 6.45) is -4.85. The molecule has 0 aliphatic carbocycles. The summed E-state index contributed by atoms with van der Waals surface area (Å²) in [5.41, 5.74) is 1.84.